The molecule has 18 atom stereocenters. The Balaban J connectivity index is 1.03. The molecule has 0 saturated carbocycles. The highest BCUT2D eigenvalue weighted by molar-refractivity contribution is 6.32. The zero-order valence-corrected chi connectivity index (χ0v) is 64.8. The third-order valence-electron chi connectivity index (χ3n) is 21.6. The average Bonchev–Trinajstić information content (AvgIpc) is 0.760. The van der Waals surface area contributed by atoms with E-state index in [-0.39, 0.29) is 91.4 Å². The van der Waals surface area contributed by atoms with Gasteiger partial charge in [0.25, 0.3) is 0 Å². The monoisotopic (exact) mass is 1610 g/mol. The standard InChI is InChI=1S/C83H91Cl3N6O21/c1-37(2)22-57(88-7)81(107)92-71-61(98)27-48(30-67(87)99)79(105)91-70-38(3)23-52-44-14-19-58(95)53(24-44)69-51(31-50(94)32-60(69)97)39(4)90-80(106)54(33-59(52)96)72(100)45-15-20-62(55(85)25-45)109-64-28-47(70)29-65(110-63-21-16-46(73(71)101)26-56(63)86)76(64)113-82-77(75(103)74(102)66(36-93)111-82)112-68-34-83(6,78(104)40(5)108-68)89-35-41-8-10-42(11-9-41)43-12-17-49(84)18-13-43/h8-21,24-26,28-29,31-32,37,39-40,48,52,54,57,66,68,70-75,77-78,82,88-89,93-95,97,100-104H,3,22-23,27,30,33-36H2,1-2,4-7H3,(H2,87,99)(H,90,106)(H,91,105)(H,92,107)/t39?,40?,48?,52?,54?,57?,66?,68?,70?,71?,72?,73-,74?,75?,77?,78?,82?,83?/m0/s1. The van der Waals surface area contributed by atoms with Gasteiger partial charge in [-0.2, -0.15) is 0 Å². The maximum absolute atomic E-state index is 15.8. The molecule has 113 heavy (non-hydrogen) atoms. The van der Waals surface area contributed by atoms with Crippen molar-refractivity contribution in [2.75, 3.05) is 13.7 Å². The van der Waals surface area contributed by atoms with Crippen LogP contribution in [0.4, 0.5) is 0 Å². The Hall–Kier alpha value is -9.27. The first kappa shape index (κ1) is 83.2. The van der Waals surface area contributed by atoms with E-state index >= 15 is 19.2 Å². The summed E-state index contributed by atoms with van der Waals surface area (Å²) in [4.78, 5) is 89.3. The summed E-state index contributed by atoms with van der Waals surface area (Å²) < 4.78 is 40.1. The number of amides is 4. The first-order valence-electron chi connectivity index (χ1n) is 37.1. The number of nitrogens with two attached hydrogens (primary N) is 1. The number of halogens is 3. The van der Waals surface area contributed by atoms with Crippen molar-refractivity contribution in [2.24, 2.45) is 23.5 Å². The van der Waals surface area contributed by atoms with E-state index in [1.54, 1.807) is 26.0 Å². The van der Waals surface area contributed by atoms with Gasteiger partial charge in [-0.1, -0.05) is 110 Å². The van der Waals surface area contributed by atoms with Crippen LogP contribution in [-0.2, 0) is 49.5 Å². The zero-order chi connectivity index (χ0) is 81.3. The summed E-state index contributed by atoms with van der Waals surface area (Å²) in [6, 6.07) is 26.5. The van der Waals surface area contributed by atoms with Crippen molar-refractivity contribution in [1.29, 1.82) is 0 Å². The number of aromatic hydroxyl groups is 3. The van der Waals surface area contributed by atoms with Gasteiger partial charge in [-0.05, 0) is 163 Å². The lowest BCUT2D eigenvalue weighted by Crippen LogP contribution is -2.65. The minimum absolute atomic E-state index is 0.00904. The summed E-state index contributed by atoms with van der Waals surface area (Å²) in [7, 11) is 1.54. The molecular weight excluding hydrogens is 1520 g/mol. The SMILES string of the molecule is C=C1CC2C(=O)CC(C(=O)NC(C)c3cc(O)cc(O)c3-c3cc2ccc3O)C(O)c2ccc(c(Cl)c2)Oc2cc3cc(c2OC2OC(CO)C(O)C(O)C2OC2CC(C)(NCc4ccc(-c5ccc(Cl)cc5)cc4)C(O)C(C)O2)Oc2ccc(cc2Cl)[C@H](O)C(NC(=O)C(CC(C)C)NC)C(=O)CC(CC(N)=O)C(=O)NC13. The van der Waals surface area contributed by atoms with Crippen LogP contribution in [0.25, 0.3) is 22.3 Å². The molecule has 4 amide bonds. The highest BCUT2D eigenvalue weighted by Gasteiger charge is 2.52. The van der Waals surface area contributed by atoms with Crippen LogP contribution in [0.1, 0.15) is 137 Å². The van der Waals surface area contributed by atoms with Crippen LogP contribution in [0, 0.1) is 17.8 Å². The molecule has 30 heteroatoms. The summed E-state index contributed by atoms with van der Waals surface area (Å²) in [5, 5.41) is 121. The van der Waals surface area contributed by atoms with Crippen LogP contribution < -0.4 is 46.5 Å². The molecule has 0 aromatic heterocycles. The normalized spacial score (nSPS) is 27.8. The lowest BCUT2D eigenvalue weighted by atomic mass is 9.79. The lowest BCUT2D eigenvalue weighted by Gasteiger charge is -2.48. The molecule has 7 heterocycles. The highest BCUT2D eigenvalue weighted by Crippen LogP contribution is 2.52. The number of likely N-dealkylation sites (N-methyl/N-ethyl adjacent to an activating group) is 1. The number of carbonyl (C=O) groups is 6. The van der Waals surface area contributed by atoms with Crippen molar-refractivity contribution in [3.05, 3.63) is 188 Å². The van der Waals surface area contributed by atoms with E-state index in [1.165, 1.54) is 86.8 Å². The van der Waals surface area contributed by atoms with Crippen molar-refractivity contribution in [3.63, 3.8) is 0 Å². The van der Waals surface area contributed by atoms with Gasteiger partial charge in [0, 0.05) is 65.9 Å². The van der Waals surface area contributed by atoms with Crippen molar-refractivity contribution >= 4 is 70.0 Å². The number of nitrogens with one attached hydrogen (secondary N) is 5. The molecule has 11 bridgehead atoms. The van der Waals surface area contributed by atoms with E-state index in [0.29, 0.717) is 5.02 Å². The van der Waals surface area contributed by atoms with E-state index in [2.05, 4.69) is 33.2 Å². The molecular formula is C83H91Cl3N6O21. The number of phenols is 3. The van der Waals surface area contributed by atoms with E-state index in [4.69, 9.17) is 69.0 Å². The van der Waals surface area contributed by atoms with Gasteiger partial charge in [-0.3, -0.25) is 28.8 Å². The number of ketones is 2. The molecule has 7 aliphatic heterocycles. The fourth-order valence-corrected chi connectivity index (χ4v) is 15.9. The van der Waals surface area contributed by atoms with E-state index in [0.717, 1.165) is 22.8 Å². The number of rotatable bonds is 16. The highest BCUT2D eigenvalue weighted by atomic mass is 35.5. The van der Waals surface area contributed by atoms with Crippen molar-refractivity contribution in [2.45, 2.75) is 177 Å². The van der Waals surface area contributed by atoms with Crippen LogP contribution in [0.2, 0.25) is 15.1 Å². The summed E-state index contributed by atoms with van der Waals surface area (Å²) >= 11 is 20.7. The molecule has 16 N–H and O–H groups in total. The Kier molecular flexibility index (Phi) is 25.6. The molecule has 2 fully saturated rings. The number of ether oxygens (including phenoxy) is 6. The van der Waals surface area contributed by atoms with Gasteiger partial charge in [0.2, 0.25) is 35.7 Å². The maximum atomic E-state index is 15.8. The number of carbonyl (C=O) groups excluding carboxylic acids is 6. The minimum Gasteiger partial charge on any atom is -0.508 e. The third kappa shape index (κ3) is 18.3. The van der Waals surface area contributed by atoms with Gasteiger partial charge in [-0.25, -0.2) is 0 Å². The first-order valence-corrected chi connectivity index (χ1v) is 38.2. The lowest BCUT2D eigenvalue weighted by molar-refractivity contribution is -0.334. The molecule has 14 rings (SSSR count). The number of aliphatic hydroxyl groups is 6. The van der Waals surface area contributed by atoms with E-state index in [9.17, 15) is 55.5 Å². The molecule has 2 saturated heterocycles. The summed E-state index contributed by atoms with van der Waals surface area (Å²) in [5.41, 5.74) is 7.40. The number of Topliss-reactive ketones (excluding diaryl/α,β-unsaturated/α-hetero) is 2. The molecule has 7 aromatic carbocycles. The summed E-state index contributed by atoms with van der Waals surface area (Å²) in [6.45, 7) is 12.5. The van der Waals surface area contributed by atoms with E-state index < -0.39 is 211 Å². The van der Waals surface area contributed by atoms with Crippen molar-refractivity contribution < 1.29 is 103 Å². The second kappa shape index (κ2) is 34.8. The number of hydrogen-bond donors (Lipinski definition) is 15. The van der Waals surface area contributed by atoms with Gasteiger partial charge in [0.05, 0.1) is 64.9 Å². The van der Waals surface area contributed by atoms with Crippen molar-refractivity contribution in [1.82, 2.24) is 26.6 Å². The van der Waals surface area contributed by atoms with Crippen LogP contribution >= 0.6 is 34.8 Å². The molecule has 0 radical (unpaired) electrons. The van der Waals surface area contributed by atoms with Gasteiger partial charge in [0.1, 0.15) is 65.0 Å². The zero-order valence-electron chi connectivity index (χ0n) is 62.5. The first-order chi connectivity index (χ1) is 53.7. The Labute approximate surface area is 666 Å². The molecule has 7 aliphatic rings. The summed E-state index contributed by atoms with van der Waals surface area (Å²) in [5.74, 6) is -13.3. The Morgan fingerprint density at radius 2 is 1.34 bits per heavy atom. The number of hydrogen-bond acceptors (Lipinski definition) is 23. The molecule has 600 valence electrons. The number of phenolic OH excluding ortho intramolecular Hbond substituents is 3. The Morgan fingerprint density at radius 1 is 0.708 bits per heavy atom. The largest absolute Gasteiger partial charge is 0.508 e. The smallest absolute Gasteiger partial charge is 0.237 e. The van der Waals surface area contributed by atoms with Crippen LogP contribution in [-0.4, -0.2) is 162 Å². The van der Waals surface area contributed by atoms with Crippen LogP contribution in [0.3, 0.4) is 0 Å². The average molecular weight is 1620 g/mol. The Bertz CT molecular complexity index is 4770. The molecule has 0 aliphatic carbocycles. The van der Waals surface area contributed by atoms with Gasteiger partial charge < -0.3 is 107 Å². The van der Waals surface area contributed by atoms with Gasteiger partial charge >= 0.3 is 0 Å². The van der Waals surface area contributed by atoms with Crippen molar-refractivity contribution in [3.8, 4) is 68.2 Å². The fraction of sp³-hybridized carbons (Fsp3) is 0.398. The minimum atomic E-state index is -1.98. The van der Waals surface area contributed by atoms with Gasteiger partial charge in [0.15, 0.2) is 29.7 Å². The van der Waals surface area contributed by atoms with Crippen LogP contribution in [0.5, 0.6) is 46.0 Å². The maximum Gasteiger partial charge on any atom is 0.237 e. The van der Waals surface area contributed by atoms with E-state index in [1.807, 2.05) is 50.2 Å². The second-order valence-corrected chi connectivity index (χ2v) is 31.5. The quantitative estimate of drug-likeness (QED) is 0.0401. The summed E-state index contributed by atoms with van der Waals surface area (Å²) in [6.07, 6.45) is -19.2. The number of benzene rings is 7. The van der Waals surface area contributed by atoms with Crippen LogP contribution in [0.15, 0.2) is 140 Å². The molecule has 27 nitrogen and oxygen atoms in total. The predicted molar refractivity (Wildman–Crippen MR) is 415 cm³/mol. The molecule has 0 spiro atoms. The fourth-order valence-electron chi connectivity index (χ4n) is 15.3. The topological polar surface area (TPSA) is 426 Å². The predicted octanol–water partition coefficient (Wildman–Crippen LogP) is 9.25. The molecule has 7 aromatic rings. The number of primary amides is 1. The molecule has 17 unspecified atom stereocenters. The third-order valence-corrected chi connectivity index (χ3v) is 22.4. The number of aliphatic hydroxyl groups excluding tert-OH is 6. The second-order valence-electron chi connectivity index (χ2n) is 30.2. The number of fused-ring (bicyclic) bond motifs is 15. The Morgan fingerprint density at radius 3 is 1.95 bits per heavy atom. The van der Waals surface area contributed by atoms with Gasteiger partial charge in [-0.15, -0.1) is 0 Å².